The Morgan fingerprint density at radius 1 is 1.07 bits per heavy atom. The van der Waals surface area contributed by atoms with E-state index in [0.717, 1.165) is 24.1 Å². The van der Waals surface area contributed by atoms with Gasteiger partial charge in [-0.2, -0.15) is 5.10 Å². The molecule has 0 aliphatic carbocycles. The van der Waals surface area contributed by atoms with Crippen LogP contribution in [0.4, 0.5) is 0 Å². The van der Waals surface area contributed by atoms with Crippen LogP contribution in [0.5, 0.6) is 0 Å². The lowest BCUT2D eigenvalue weighted by Crippen LogP contribution is -2.25. The van der Waals surface area contributed by atoms with Gasteiger partial charge in [-0.25, -0.2) is 4.68 Å². The van der Waals surface area contributed by atoms with Crippen molar-refractivity contribution in [1.29, 1.82) is 0 Å². The number of aryl methyl sites for hydroxylation is 2. The molecule has 5 nitrogen and oxygen atoms in total. The number of nitrogens with zero attached hydrogens (tertiary/aromatic N) is 2. The van der Waals surface area contributed by atoms with E-state index in [1.54, 1.807) is 10.9 Å². The molecule has 0 saturated heterocycles. The van der Waals surface area contributed by atoms with E-state index in [1.165, 1.54) is 11.1 Å². The van der Waals surface area contributed by atoms with Gasteiger partial charge in [0.25, 0.3) is 5.91 Å². The number of carbonyl (C=O) groups excluding carboxylic acids is 1. The molecule has 2 aromatic carbocycles. The Labute approximate surface area is 160 Å². The maximum absolute atomic E-state index is 12.8. The van der Waals surface area contributed by atoms with E-state index in [1.807, 2.05) is 36.4 Å². The molecular formula is C22H26N4O. The third-order valence-electron chi connectivity index (χ3n) is 4.68. The molecule has 27 heavy (non-hydrogen) atoms. The highest BCUT2D eigenvalue weighted by Crippen LogP contribution is 2.25. The molecule has 3 aromatic rings. The second-order valence-electron chi connectivity index (χ2n) is 6.72. The first kappa shape index (κ1) is 18.9. The molecule has 1 aromatic heterocycles. The fourth-order valence-electron chi connectivity index (χ4n) is 2.92. The highest BCUT2D eigenvalue weighted by molar-refractivity contribution is 6.00. The first-order valence-corrected chi connectivity index (χ1v) is 9.31. The van der Waals surface area contributed by atoms with E-state index >= 15 is 0 Å². The summed E-state index contributed by atoms with van der Waals surface area (Å²) in [6.07, 6.45) is 3.57. The highest BCUT2D eigenvalue weighted by Gasteiger charge is 2.18. The number of unbranched alkanes of at least 4 members (excludes halogenated alkanes) is 1. The van der Waals surface area contributed by atoms with E-state index in [-0.39, 0.29) is 5.91 Å². The minimum Gasteiger partial charge on any atom is -0.352 e. The molecule has 0 unspecified atom stereocenters. The van der Waals surface area contributed by atoms with Gasteiger partial charge in [-0.1, -0.05) is 30.3 Å². The Morgan fingerprint density at radius 2 is 1.85 bits per heavy atom. The molecule has 3 N–H and O–H groups in total. The Morgan fingerprint density at radius 3 is 2.56 bits per heavy atom. The van der Waals surface area contributed by atoms with Crippen LogP contribution in [-0.2, 0) is 0 Å². The monoisotopic (exact) mass is 362 g/mol. The summed E-state index contributed by atoms with van der Waals surface area (Å²) in [5, 5.41) is 7.71. The number of benzene rings is 2. The van der Waals surface area contributed by atoms with Gasteiger partial charge >= 0.3 is 0 Å². The van der Waals surface area contributed by atoms with Crippen molar-refractivity contribution in [2.75, 3.05) is 13.1 Å². The first-order valence-electron chi connectivity index (χ1n) is 9.31. The maximum Gasteiger partial charge on any atom is 0.255 e. The number of amides is 1. The molecule has 0 radical (unpaired) electrons. The quantitative estimate of drug-likeness (QED) is 0.631. The van der Waals surface area contributed by atoms with Crippen molar-refractivity contribution in [3.63, 3.8) is 0 Å². The highest BCUT2D eigenvalue weighted by atomic mass is 16.1. The van der Waals surface area contributed by atoms with Gasteiger partial charge in [0.05, 0.1) is 11.3 Å². The predicted octanol–water partition coefficient (Wildman–Crippen LogP) is 3.62. The minimum absolute atomic E-state index is 0.109. The van der Waals surface area contributed by atoms with Crippen LogP contribution < -0.4 is 11.1 Å². The first-order chi connectivity index (χ1) is 13.1. The summed E-state index contributed by atoms with van der Waals surface area (Å²) in [6.45, 7) is 5.39. The van der Waals surface area contributed by atoms with Crippen molar-refractivity contribution in [2.45, 2.75) is 26.7 Å². The number of para-hydroxylation sites is 1. The van der Waals surface area contributed by atoms with Gasteiger partial charge in [0.15, 0.2) is 0 Å². The van der Waals surface area contributed by atoms with E-state index in [4.69, 9.17) is 10.8 Å². The number of nitrogens with one attached hydrogen (secondary N) is 1. The zero-order valence-electron chi connectivity index (χ0n) is 15.9. The fraction of sp³-hybridized carbons (Fsp3) is 0.273. The molecule has 5 heteroatoms. The number of aromatic nitrogens is 2. The molecule has 0 aliphatic rings. The standard InChI is InChI=1S/C22H26N4O/c1-16-10-11-18(14-17(16)2)21-20(22(27)24-13-7-6-12-23)15-26(25-21)19-8-4-3-5-9-19/h3-5,8-11,14-15H,6-7,12-13,23H2,1-2H3,(H,24,27). The summed E-state index contributed by atoms with van der Waals surface area (Å²) in [5.41, 5.74) is 11.1. The van der Waals surface area contributed by atoms with Gasteiger partial charge in [0, 0.05) is 18.3 Å². The summed E-state index contributed by atoms with van der Waals surface area (Å²) < 4.78 is 1.76. The Balaban J connectivity index is 1.97. The predicted molar refractivity (Wildman–Crippen MR) is 109 cm³/mol. The molecule has 0 aliphatic heterocycles. The lowest BCUT2D eigenvalue weighted by molar-refractivity contribution is 0.0953. The van der Waals surface area contributed by atoms with Crippen LogP contribution >= 0.6 is 0 Å². The van der Waals surface area contributed by atoms with Crippen molar-refractivity contribution in [1.82, 2.24) is 15.1 Å². The van der Waals surface area contributed by atoms with Crippen LogP contribution in [0.2, 0.25) is 0 Å². The van der Waals surface area contributed by atoms with Crippen molar-refractivity contribution >= 4 is 5.91 Å². The van der Waals surface area contributed by atoms with Gasteiger partial charge in [-0.05, 0) is 62.6 Å². The summed E-state index contributed by atoms with van der Waals surface area (Å²) in [7, 11) is 0. The Bertz CT molecular complexity index is 915. The van der Waals surface area contributed by atoms with Crippen molar-refractivity contribution < 1.29 is 4.79 Å². The summed E-state index contributed by atoms with van der Waals surface area (Å²) in [4.78, 5) is 12.8. The topological polar surface area (TPSA) is 72.9 Å². The van der Waals surface area contributed by atoms with Gasteiger partial charge in [-0.15, -0.1) is 0 Å². The van der Waals surface area contributed by atoms with Crippen molar-refractivity contribution in [3.8, 4) is 16.9 Å². The SMILES string of the molecule is Cc1ccc(-c2nn(-c3ccccc3)cc2C(=O)NCCCCN)cc1C. The molecule has 1 heterocycles. The average Bonchev–Trinajstić information content (AvgIpc) is 3.13. The smallest absolute Gasteiger partial charge is 0.255 e. The van der Waals surface area contributed by atoms with Crippen LogP contribution in [0.1, 0.15) is 34.3 Å². The van der Waals surface area contributed by atoms with E-state index in [2.05, 4.69) is 31.3 Å². The fourth-order valence-corrected chi connectivity index (χ4v) is 2.92. The molecular weight excluding hydrogens is 336 g/mol. The van der Waals surface area contributed by atoms with Crippen LogP contribution in [0.25, 0.3) is 16.9 Å². The van der Waals surface area contributed by atoms with Crippen LogP contribution in [0, 0.1) is 13.8 Å². The molecule has 0 atom stereocenters. The van der Waals surface area contributed by atoms with Gasteiger partial charge < -0.3 is 11.1 Å². The normalized spacial score (nSPS) is 10.8. The zero-order chi connectivity index (χ0) is 19.2. The third-order valence-corrected chi connectivity index (χ3v) is 4.68. The van der Waals surface area contributed by atoms with Crippen molar-refractivity contribution in [3.05, 3.63) is 71.4 Å². The minimum atomic E-state index is -0.109. The van der Waals surface area contributed by atoms with E-state index < -0.39 is 0 Å². The number of hydrogen-bond donors (Lipinski definition) is 2. The molecule has 3 rings (SSSR count). The van der Waals surface area contributed by atoms with Crippen LogP contribution in [-0.4, -0.2) is 28.8 Å². The average molecular weight is 362 g/mol. The zero-order valence-corrected chi connectivity index (χ0v) is 15.9. The summed E-state index contributed by atoms with van der Waals surface area (Å²) >= 11 is 0. The summed E-state index contributed by atoms with van der Waals surface area (Å²) in [5.74, 6) is -0.109. The van der Waals surface area contributed by atoms with Crippen LogP contribution in [0.15, 0.2) is 54.7 Å². The van der Waals surface area contributed by atoms with Crippen LogP contribution in [0.3, 0.4) is 0 Å². The number of rotatable bonds is 7. The number of nitrogens with two attached hydrogens (primary N) is 1. The maximum atomic E-state index is 12.8. The van der Waals surface area contributed by atoms with Gasteiger partial charge in [0.1, 0.15) is 5.69 Å². The molecule has 1 amide bonds. The largest absolute Gasteiger partial charge is 0.352 e. The lowest BCUT2D eigenvalue weighted by Gasteiger charge is -2.07. The van der Waals surface area contributed by atoms with E-state index in [9.17, 15) is 4.79 Å². The number of hydrogen-bond acceptors (Lipinski definition) is 3. The molecule has 0 fully saturated rings. The Hall–Kier alpha value is -2.92. The summed E-state index contributed by atoms with van der Waals surface area (Å²) in [6, 6.07) is 16.0. The lowest BCUT2D eigenvalue weighted by atomic mass is 10.0. The Kier molecular flexibility index (Phi) is 6.04. The molecule has 0 spiro atoms. The molecule has 0 saturated carbocycles. The van der Waals surface area contributed by atoms with Gasteiger partial charge in [0.2, 0.25) is 0 Å². The van der Waals surface area contributed by atoms with Gasteiger partial charge in [-0.3, -0.25) is 4.79 Å². The second-order valence-corrected chi connectivity index (χ2v) is 6.72. The molecule has 0 bridgehead atoms. The number of carbonyl (C=O) groups is 1. The molecule has 140 valence electrons. The van der Waals surface area contributed by atoms with E-state index in [0.29, 0.717) is 24.3 Å². The second kappa shape index (κ2) is 8.64. The van der Waals surface area contributed by atoms with Crippen molar-refractivity contribution in [2.24, 2.45) is 5.73 Å². The third kappa shape index (κ3) is 4.44.